The summed E-state index contributed by atoms with van der Waals surface area (Å²) in [5.41, 5.74) is 1.46. The van der Waals surface area contributed by atoms with Crippen LogP contribution in [0, 0.1) is 11.3 Å². The summed E-state index contributed by atoms with van der Waals surface area (Å²) in [6.07, 6.45) is 1.90. The van der Waals surface area contributed by atoms with Gasteiger partial charge >= 0.3 is 0 Å². The summed E-state index contributed by atoms with van der Waals surface area (Å²) in [6, 6.07) is 13.5. The number of hydrogen-bond donors (Lipinski definition) is 0. The maximum atomic E-state index is 12.8. The van der Waals surface area contributed by atoms with E-state index in [2.05, 4.69) is 11.0 Å². The largest absolute Gasteiger partial charge is 0.468 e. The first-order chi connectivity index (χ1) is 12.7. The second kappa shape index (κ2) is 7.20. The van der Waals surface area contributed by atoms with Crippen molar-refractivity contribution in [1.82, 2.24) is 9.80 Å². The summed E-state index contributed by atoms with van der Waals surface area (Å²) in [5, 5.41) is 11.1. The second-order valence-corrected chi connectivity index (χ2v) is 7.59. The normalized spacial score (nSPS) is 20.8. The van der Waals surface area contributed by atoms with Crippen molar-refractivity contribution < 1.29 is 9.21 Å². The number of halogens is 1. The minimum Gasteiger partial charge on any atom is -0.468 e. The van der Waals surface area contributed by atoms with E-state index in [1.54, 1.807) is 17.2 Å². The lowest BCUT2D eigenvalue weighted by Gasteiger charge is -2.41. The van der Waals surface area contributed by atoms with E-state index in [1.807, 2.05) is 30.3 Å². The molecule has 2 aliphatic rings. The van der Waals surface area contributed by atoms with Gasteiger partial charge in [-0.25, -0.2) is 0 Å². The van der Waals surface area contributed by atoms with Gasteiger partial charge in [0.2, 0.25) is 5.91 Å². The number of amides is 1. The monoisotopic (exact) mass is 385 g/mol. The number of allylic oxidation sites excluding steroid dienone is 1. The number of fused-ring (bicyclic) bond motifs is 1. The Kier molecular flexibility index (Phi) is 4.77. The van der Waals surface area contributed by atoms with Crippen molar-refractivity contribution in [2.75, 3.05) is 12.5 Å². The summed E-state index contributed by atoms with van der Waals surface area (Å²) in [7, 11) is 0. The lowest BCUT2D eigenvalue weighted by molar-refractivity contribution is -0.132. The van der Waals surface area contributed by atoms with Crippen molar-refractivity contribution in [2.45, 2.75) is 18.9 Å². The molecule has 7 heteroatoms. The fourth-order valence-corrected chi connectivity index (χ4v) is 4.76. The molecule has 132 valence electrons. The number of furan rings is 1. The molecule has 1 aromatic heterocycles. The highest BCUT2D eigenvalue weighted by atomic mass is 35.5. The van der Waals surface area contributed by atoms with Gasteiger partial charge in [-0.1, -0.05) is 41.6 Å². The minimum atomic E-state index is -0.281. The maximum absolute atomic E-state index is 12.8. The van der Waals surface area contributed by atoms with E-state index in [9.17, 15) is 10.1 Å². The molecule has 1 amide bonds. The molecule has 2 aliphatic heterocycles. The molecular weight excluding hydrogens is 370 g/mol. The van der Waals surface area contributed by atoms with Gasteiger partial charge in [0.05, 0.1) is 42.0 Å². The summed E-state index contributed by atoms with van der Waals surface area (Å²) >= 11 is 7.84. The second-order valence-electron chi connectivity index (χ2n) is 6.25. The Morgan fingerprint density at radius 2 is 2.15 bits per heavy atom. The van der Waals surface area contributed by atoms with E-state index in [0.717, 1.165) is 16.4 Å². The number of thioether (sulfide) groups is 1. The number of nitrogens with zero attached hydrogens (tertiary/aromatic N) is 3. The Morgan fingerprint density at radius 1 is 1.31 bits per heavy atom. The highest BCUT2D eigenvalue weighted by Crippen LogP contribution is 2.44. The van der Waals surface area contributed by atoms with Gasteiger partial charge < -0.3 is 4.42 Å². The van der Waals surface area contributed by atoms with Gasteiger partial charge in [-0.05, 0) is 23.8 Å². The molecule has 1 saturated heterocycles. The molecule has 0 saturated carbocycles. The quantitative estimate of drug-likeness (QED) is 0.794. The Hall–Kier alpha value is -2.20. The lowest BCUT2D eigenvalue weighted by atomic mass is 9.86. The van der Waals surface area contributed by atoms with Crippen LogP contribution in [0.15, 0.2) is 57.7 Å². The molecule has 0 bridgehead atoms. The Morgan fingerprint density at radius 3 is 2.88 bits per heavy atom. The van der Waals surface area contributed by atoms with Gasteiger partial charge in [0, 0.05) is 17.4 Å². The third-order valence-corrected chi connectivity index (χ3v) is 6.14. The number of hydrogen-bond acceptors (Lipinski definition) is 5. The molecule has 5 nitrogen and oxygen atoms in total. The van der Waals surface area contributed by atoms with Crippen molar-refractivity contribution in [3.05, 3.63) is 69.6 Å². The molecule has 1 unspecified atom stereocenters. The SMILES string of the molecule is N#CC1=C2SCN(Cc3ccco3)CN2C(=O)CC1c1ccccc1Cl. The van der Waals surface area contributed by atoms with Crippen LogP contribution in [0.1, 0.15) is 23.7 Å². The smallest absolute Gasteiger partial charge is 0.229 e. The van der Waals surface area contributed by atoms with Crippen molar-refractivity contribution in [3.8, 4) is 6.07 Å². The Bertz CT molecular complexity index is 904. The molecule has 26 heavy (non-hydrogen) atoms. The van der Waals surface area contributed by atoms with Gasteiger partial charge in [0.25, 0.3) is 0 Å². The van der Waals surface area contributed by atoms with Gasteiger partial charge in [0.15, 0.2) is 0 Å². The zero-order chi connectivity index (χ0) is 18.1. The number of benzene rings is 1. The number of nitriles is 1. The standard InChI is InChI=1S/C19H16ClN3O2S/c20-17-6-2-1-5-14(17)15-8-18(24)23-11-22(10-13-4-3-7-25-13)12-26-19(23)16(15)9-21/h1-7,15H,8,10-12H2. The van der Waals surface area contributed by atoms with Gasteiger partial charge in [-0.3, -0.25) is 14.6 Å². The van der Waals surface area contributed by atoms with Crippen LogP contribution in [0.4, 0.5) is 0 Å². The maximum Gasteiger partial charge on any atom is 0.229 e. The average molecular weight is 386 g/mol. The Labute approximate surface area is 160 Å². The van der Waals surface area contributed by atoms with Gasteiger partial charge in [0.1, 0.15) is 5.76 Å². The van der Waals surface area contributed by atoms with Gasteiger partial charge in [-0.15, -0.1) is 0 Å². The van der Waals surface area contributed by atoms with E-state index in [0.29, 0.717) is 29.7 Å². The van der Waals surface area contributed by atoms with Crippen LogP contribution >= 0.6 is 23.4 Å². The van der Waals surface area contributed by atoms with E-state index >= 15 is 0 Å². The topological polar surface area (TPSA) is 60.5 Å². The summed E-state index contributed by atoms with van der Waals surface area (Å²) in [6.45, 7) is 1.09. The average Bonchev–Trinajstić information content (AvgIpc) is 3.15. The summed E-state index contributed by atoms with van der Waals surface area (Å²) in [5.74, 6) is 1.29. The van der Waals surface area contributed by atoms with Crippen LogP contribution in [-0.4, -0.2) is 28.3 Å². The van der Waals surface area contributed by atoms with Crippen LogP contribution in [0.5, 0.6) is 0 Å². The van der Waals surface area contributed by atoms with Crippen LogP contribution in [0.3, 0.4) is 0 Å². The third-order valence-electron chi connectivity index (χ3n) is 4.59. The summed E-state index contributed by atoms with van der Waals surface area (Å²) in [4.78, 5) is 16.6. The van der Waals surface area contributed by atoms with Crippen molar-refractivity contribution in [2.24, 2.45) is 0 Å². The molecular formula is C19H16ClN3O2S. The van der Waals surface area contributed by atoms with E-state index in [-0.39, 0.29) is 18.2 Å². The first-order valence-electron chi connectivity index (χ1n) is 8.24. The zero-order valence-corrected chi connectivity index (χ0v) is 15.5. The Balaban J connectivity index is 1.63. The minimum absolute atomic E-state index is 0.0144. The third kappa shape index (κ3) is 3.14. The van der Waals surface area contributed by atoms with Crippen LogP contribution in [0.25, 0.3) is 0 Å². The summed E-state index contributed by atoms with van der Waals surface area (Å²) < 4.78 is 5.40. The molecule has 0 radical (unpaired) electrons. The van der Waals surface area contributed by atoms with Crippen LogP contribution < -0.4 is 0 Å². The van der Waals surface area contributed by atoms with E-state index < -0.39 is 0 Å². The molecule has 1 atom stereocenters. The van der Waals surface area contributed by atoms with Crippen molar-refractivity contribution in [3.63, 3.8) is 0 Å². The van der Waals surface area contributed by atoms with Crippen molar-refractivity contribution >= 4 is 29.3 Å². The highest BCUT2D eigenvalue weighted by Gasteiger charge is 2.38. The molecule has 1 fully saturated rings. The fraction of sp³-hybridized carbons (Fsp3) is 0.263. The number of rotatable bonds is 3. The predicted molar refractivity (Wildman–Crippen MR) is 99.9 cm³/mol. The first kappa shape index (κ1) is 17.2. The van der Waals surface area contributed by atoms with Gasteiger partial charge in [-0.2, -0.15) is 5.26 Å². The fourth-order valence-electron chi connectivity index (χ4n) is 3.35. The molecule has 4 rings (SSSR count). The molecule has 3 heterocycles. The number of carbonyl (C=O) groups is 1. The molecule has 0 N–H and O–H groups in total. The molecule has 0 aliphatic carbocycles. The van der Waals surface area contributed by atoms with E-state index in [4.69, 9.17) is 16.0 Å². The predicted octanol–water partition coefficient (Wildman–Crippen LogP) is 4.15. The number of carbonyl (C=O) groups excluding carboxylic acids is 1. The van der Waals surface area contributed by atoms with E-state index in [1.165, 1.54) is 11.8 Å². The highest BCUT2D eigenvalue weighted by molar-refractivity contribution is 8.03. The molecule has 0 spiro atoms. The molecule has 1 aromatic carbocycles. The zero-order valence-electron chi connectivity index (χ0n) is 13.9. The lowest BCUT2D eigenvalue weighted by Crippen LogP contribution is -2.46. The van der Waals surface area contributed by atoms with Crippen molar-refractivity contribution in [1.29, 1.82) is 5.26 Å². The first-order valence-corrected chi connectivity index (χ1v) is 9.60. The van der Waals surface area contributed by atoms with Crippen LogP contribution in [-0.2, 0) is 11.3 Å². The molecule has 2 aromatic rings. The van der Waals surface area contributed by atoms with Crippen LogP contribution in [0.2, 0.25) is 5.02 Å².